The third kappa shape index (κ3) is 3.50. The van der Waals surface area contributed by atoms with Gasteiger partial charge in [-0.15, -0.1) is 0 Å². The van der Waals surface area contributed by atoms with Gasteiger partial charge in [0.15, 0.2) is 5.13 Å². The number of nitrogens with zero attached hydrogens (tertiary/aromatic N) is 3. The number of carbonyl (C=O) groups is 1. The highest BCUT2D eigenvalue weighted by atomic mass is 32.1. The zero-order chi connectivity index (χ0) is 12.0. The normalized spacial score (nSPS) is 10.6. The summed E-state index contributed by atoms with van der Waals surface area (Å²) in [5, 5.41) is 4.62. The number of hydrogen-bond donors (Lipinski definition) is 2. The van der Waals surface area contributed by atoms with E-state index in [4.69, 9.17) is 5.73 Å². The second kappa shape index (κ2) is 6.06. The summed E-state index contributed by atoms with van der Waals surface area (Å²) in [5.41, 5.74) is 7.00. The van der Waals surface area contributed by atoms with E-state index in [0.29, 0.717) is 0 Å². The SMILES string of the molecule is CCN(CC)c1ncc(/C=N\NC(N)=O)s1. The molecular weight excluding hydrogens is 226 g/mol. The van der Waals surface area contributed by atoms with E-state index in [0.717, 1.165) is 23.1 Å². The molecule has 7 heteroatoms. The first-order chi connectivity index (χ1) is 7.67. The number of urea groups is 1. The number of hydrazone groups is 1. The molecule has 0 atom stereocenters. The number of aromatic nitrogens is 1. The van der Waals surface area contributed by atoms with E-state index in [2.05, 4.69) is 34.3 Å². The molecule has 0 fully saturated rings. The fraction of sp³-hybridized carbons (Fsp3) is 0.444. The Morgan fingerprint density at radius 3 is 2.94 bits per heavy atom. The minimum absolute atomic E-state index is 0.676. The molecule has 0 spiro atoms. The summed E-state index contributed by atoms with van der Waals surface area (Å²) in [6.45, 7) is 5.99. The fourth-order valence-electron chi connectivity index (χ4n) is 1.14. The molecule has 0 unspecified atom stereocenters. The van der Waals surface area contributed by atoms with E-state index in [1.165, 1.54) is 17.6 Å². The molecule has 0 radical (unpaired) electrons. The number of nitrogens with one attached hydrogen (secondary N) is 1. The van der Waals surface area contributed by atoms with E-state index < -0.39 is 6.03 Å². The molecule has 0 aliphatic heterocycles. The first-order valence-corrected chi connectivity index (χ1v) is 5.78. The smallest absolute Gasteiger partial charge is 0.332 e. The third-order valence-corrected chi connectivity index (χ3v) is 2.90. The van der Waals surface area contributed by atoms with Crippen LogP contribution in [-0.4, -0.2) is 30.3 Å². The highest BCUT2D eigenvalue weighted by Gasteiger charge is 2.06. The zero-order valence-electron chi connectivity index (χ0n) is 9.30. The number of amides is 2. The maximum absolute atomic E-state index is 10.4. The third-order valence-electron chi connectivity index (χ3n) is 1.91. The van der Waals surface area contributed by atoms with Gasteiger partial charge in [-0.3, -0.25) is 0 Å². The molecule has 0 saturated carbocycles. The van der Waals surface area contributed by atoms with Crippen molar-refractivity contribution in [2.75, 3.05) is 18.0 Å². The number of thiazole rings is 1. The molecular formula is C9H15N5OS. The van der Waals surface area contributed by atoms with E-state index in [1.807, 2.05) is 0 Å². The van der Waals surface area contributed by atoms with Crippen LogP contribution in [0.3, 0.4) is 0 Å². The van der Waals surface area contributed by atoms with E-state index in [1.54, 1.807) is 6.20 Å². The Morgan fingerprint density at radius 1 is 1.69 bits per heavy atom. The van der Waals surface area contributed by atoms with Gasteiger partial charge in [-0.05, 0) is 13.8 Å². The number of carbonyl (C=O) groups excluding carboxylic acids is 1. The lowest BCUT2D eigenvalue weighted by atomic mass is 10.6. The summed E-state index contributed by atoms with van der Waals surface area (Å²) in [7, 11) is 0. The lowest BCUT2D eigenvalue weighted by Crippen LogP contribution is -2.24. The second-order valence-corrected chi connectivity index (χ2v) is 3.99. The van der Waals surface area contributed by atoms with Gasteiger partial charge in [0.1, 0.15) is 0 Å². The van der Waals surface area contributed by atoms with Gasteiger partial charge in [-0.25, -0.2) is 15.2 Å². The van der Waals surface area contributed by atoms with Crippen molar-refractivity contribution in [2.24, 2.45) is 10.8 Å². The fourth-order valence-corrected chi connectivity index (χ4v) is 2.05. The summed E-state index contributed by atoms with van der Waals surface area (Å²) in [6.07, 6.45) is 3.24. The highest BCUT2D eigenvalue weighted by Crippen LogP contribution is 2.20. The predicted octanol–water partition coefficient (Wildman–Crippen LogP) is 0.992. The van der Waals surface area contributed by atoms with Gasteiger partial charge in [0, 0.05) is 19.3 Å². The Kier molecular flexibility index (Phi) is 4.71. The quantitative estimate of drug-likeness (QED) is 0.595. The maximum atomic E-state index is 10.4. The summed E-state index contributed by atoms with van der Waals surface area (Å²) in [6, 6.07) is -0.676. The topological polar surface area (TPSA) is 83.6 Å². The van der Waals surface area contributed by atoms with Crippen LogP contribution in [0.4, 0.5) is 9.93 Å². The molecule has 0 aliphatic rings. The molecule has 0 aliphatic carbocycles. The molecule has 2 amide bonds. The summed E-state index contributed by atoms with van der Waals surface area (Å²) in [4.78, 5) is 17.7. The van der Waals surface area contributed by atoms with E-state index in [-0.39, 0.29) is 0 Å². The minimum atomic E-state index is -0.676. The molecule has 3 N–H and O–H groups in total. The van der Waals surface area contributed by atoms with Gasteiger partial charge in [0.2, 0.25) is 0 Å². The molecule has 1 heterocycles. The molecule has 0 saturated heterocycles. The van der Waals surface area contributed by atoms with Gasteiger partial charge >= 0.3 is 6.03 Å². The number of rotatable bonds is 5. The summed E-state index contributed by atoms with van der Waals surface area (Å²) < 4.78 is 0. The molecule has 0 bridgehead atoms. The molecule has 16 heavy (non-hydrogen) atoms. The molecule has 1 aromatic rings. The van der Waals surface area contributed by atoms with Crippen molar-refractivity contribution < 1.29 is 4.79 Å². The van der Waals surface area contributed by atoms with Crippen LogP contribution in [0.15, 0.2) is 11.3 Å². The zero-order valence-corrected chi connectivity index (χ0v) is 10.1. The first kappa shape index (κ1) is 12.4. The van der Waals surface area contributed by atoms with Crippen molar-refractivity contribution >= 4 is 28.7 Å². The van der Waals surface area contributed by atoms with Crippen molar-refractivity contribution in [1.82, 2.24) is 10.4 Å². The van der Waals surface area contributed by atoms with Gasteiger partial charge in [-0.2, -0.15) is 5.10 Å². The van der Waals surface area contributed by atoms with Crippen molar-refractivity contribution in [3.63, 3.8) is 0 Å². The van der Waals surface area contributed by atoms with Gasteiger partial charge in [0.05, 0.1) is 11.1 Å². The van der Waals surface area contributed by atoms with Gasteiger partial charge in [0.25, 0.3) is 0 Å². The molecule has 1 rings (SSSR count). The standard InChI is InChI=1S/C9H15N5OS/c1-3-14(4-2)9-11-5-7(16-9)6-12-13-8(10)15/h5-6H,3-4H2,1-2H3,(H3,10,13,15)/b12-6-. The lowest BCUT2D eigenvalue weighted by molar-refractivity contribution is 0.249. The maximum Gasteiger partial charge on any atom is 0.332 e. The monoisotopic (exact) mass is 241 g/mol. The molecule has 1 aromatic heterocycles. The van der Waals surface area contributed by atoms with Crippen LogP contribution in [0.25, 0.3) is 0 Å². The number of nitrogens with two attached hydrogens (primary N) is 1. The van der Waals surface area contributed by atoms with Crippen LogP contribution in [0.5, 0.6) is 0 Å². The Labute approximate surface area is 98.2 Å². The van der Waals surface area contributed by atoms with E-state index >= 15 is 0 Å². The first-order valence-electron chi connectivity index (χ1n) is 4.96. The van der Waals surface area contributed by atoms with Gasteiger partial charge < -0.3 is 10.6 Å². The lowest BCUT2D eigenvalue weighted by Gasteiger charge is -2.16. The van der Waals surface area contributed by atoms with E-state index in [9.17, 15) is 4.79 Å². The molecule has 88 valence electrons. The van der Waals surface area contributed by atoms with Crippen molar-refractivity contribution in [3.05, 3.63) is 11.1 Å². The largest absolute Gasteiger partial charge is 0.350 e. The van der Waals surface area contributed by atoms with Crippen LogP contribution >= 0.6 is 11.3 Å². The Hall–Kier alpha value is -1.63. The Morgan fingerprint density at radius 2 is 2.38 bits per heavy atom. The van der Waals surface area contributed by atoms with Crippen LogP contribution in [-0.2, 0) is 0 Å². The minimum Gasteiger partial charge on any atom is -0.350 e. The Balaban J connectivity index is 2.64. The van der Waals surface area contributed by atoms with Crippen molar-refractivity contribution in [3.8, 4) is 0 Å². The summed E-state index contributed by atoms with van der Waals surface area (Å²) in [5.74, 6) is 0. The average Bonchev–Trinajstić information content (AvgIpc) is 2.68. The predicted molar refractivity (Wildman–Crippen MR) is 66.0 cm³/mol. The number of anilines is 1. The number of hydrogen-bond acceptors (Lipinski definition) is 5. The van der Waals surface area contributed by atoms with Crippen LogP contribution in [0, 0.1) is 0 Å². The van der Waals surface area contributed by atoms with Crippen molar-refractivity contribution in [2.45, 2.75) is 13.8 Å². The van der Waals surface area contributed by atoms with Gasteiger partial charge in [-0.1, -0.05) is 11.3 Å². The number of primary amides is 1. The second-order valence-electron chi connectivity index (χ2n) is 2.95. The van der Waals surface area contributed by atoms with Crippen LogP contribution < -0.4 is 16.1 Å². The van der Waals surface area contributed by atoms with Crippen molar-refractivity contribution in [1.29, 1.82) is 0 Å². The average molecular weight is 241 g/mol. The Bertz CT molecular complexity index is 372. The van der Waals surface area contributed by atoms with Crippen LogP contribution in [0.2, 0.25) is 0 Å². The van der Waals surface area contributed by atoms with Crippen LogP contribution in [0.1, 0.15) is 18.7 Å². The highest BCUT2D eigenvalue weighted by molar-refractivity contribution is 7.17. The molecule has 6 nitrogen and oxygen atoms in total. The molecule has 0 aromatic carbocycles. The summed E-state index contributed by atoms with van der Waals surface area (Å²) >= 11 is 1.52.